The van der Waals surface area contributed by atoms with Crippen LogP contribution in [0.3, 0.4) is 0 Å². The molecule has 23 heavy (non-hydrogen) atoms. The first-order valence-electron chi connectivity index (χ1n) is 8.88. The molecule has 0 radical (unpaired) electrons. The molecule has 2 fully saturated rings. The van der Waals surface area contributed by atoms with Crippen molar-refractivity contribution in [1.29, 1.82) is 0 Å². The van der Waals surface area contributed by atoms with Gasteiger partial charge < -0.3 is 10.1 Å². The summed E-state index contributed by atoms with van der Waals surface area (Å²) in [7, 11) is 0. The van der Waals surface area contributed by atoms with Crippen LogP contribution in [0.4, 0.5) is 5.69 Å². The van der Waals surface area contributed by atoms with Crippen molar-refractivity contribution in [2.75, 3.05) is 25.0 Å². The molecule has 0 aromatic carbocycles. The molecule has 1 saturated heterocycles. The number of carbonyl (C=O) groups excluding carboxylic acids is 1. The summed E-state index contributed by atoms with van der Waals surface area (Å²) in [5.74, 6) is -0.0440. The number of nitrogens with zero attached hydrogens (tertiary/aromatic N) is 2. The third kappa shape index (κ3) is 5.20. The van der Waals surface area contributed by atoms with Crippen LogP contribution in [0.5, 0.6) is 0 Å². The fourth-order valence-electron chi connectivity index (χ4n) is 3.51. The molecule has 0 atom stereocenters. The van der Waals surface area contributed by atoms with E-state index in [2.05, 4.69) is 15.2 Å². The van der Waals surface area contributed by atoms with E-state index in [1.807, 2.05) is 12.1 Å². The normalized spacial score (nSPS) is 21.0. The van der Waals surface area contributed by atoms with E-state index in [1.54, 1.807) is 12.4 Å². The molecule has 1 saturated carbocycles. The van der Waals surface area contributed by atoms with Crippen LogP contribution in [0.1, 0.15) is 44.9 Å². The van der Waals surface area contributed by atoms with Gasteiger partial charge in [0.15, 0.2) is 0 Å². The predicted octanol–water partition coefficient (Wildman–Crippen LogP) is 2.83. The van der Waals surface area contributed by atoms with E-state index < -0.39 is 0 Å². The molecule has 1 aliphatic carbocycles. The quantitative estimate of drug-likeness (QED) is 0.846. The summed E-state index contributed by atoms with van der Waals surface area (Å²) >= 11 is 0. The van der Waals surface area contributed by atoms with E-state index in [-0.39, 0.29) is 12.1 Å². The second-order valence-electron chi connectivity index (χ2n) is 6.68. The van der Waals surface area contributed by atoms with Crippen LogP contribution in [0.25, 0.3) is 0 Å². The average Bonchev–Trinajstić information content (AvgIpc) is 2.58. The van der Waals surface area contributed by atoms with Crippen molar-refractivity contribution in [1.82, 2.24) is 9.88 Å². The molecule has 1 N–H and O–H groups in total. The Labute approximate surface area is 138 Å². The lowest BCUT2D eigenvalue weighted by Gasteiger charge is -2.32. The molecule has 1 aromatic rings. The molecular formula is C18H27N3O2. The summed E-state index contributed by atoms with van der Waals surface area (Å²) < 4.78 is 5.61. The summed E-state index contributed by atoms with van der Waals surface area (Å²) in [6.45, 7) is 2.34. The van der Waals surface area contributed by atoms with Gasteiger partial charge in [-0.1, -0.05) is 6.42 Å². The summed E-state index contributed by atoms with van der Waals surface area (Å²) in [4.78, 5) is 18.3. The van der Waals surface area contributed by atoms with Crippen molar-refractivity contribution in [2.24, 2.45) is 0 Å². The standard InChI is InChI=1S/C18H27N3O2/c22-18(23-17-4-2-1-3-5-17)14-21-12-8-16(9-13-21)20-15-6-10-19-11-7-15/h6-7,10-11,16-17H,1-5,8-9,12-14H2,(H,19,20). The van der Waals surface area contributed by atoms with E-state index in [0.29, 0.717) is 12.6 Å². The van der Waals surface area contributed by atoms with Crippen molar-refractivity contribution in [3.05, 3.63) is 24.5 Å². The molecule has 3 rings (SSSR count). The maximum atomic E-state index is 12.1. The minimum absolute atomic E-state index is 0.0440. The summed E-state index contributed by atoms with van der Waals surface area (Å²) in [5, 5.41) is 3.54. The van der Waals surface area contributed by atoms with Crippen LogP contribution in [-0.4, -0.2) is 47.6 Å². The number of aromatic nitrogens is 1. The van der Waals surface area contributed by atoms with Gasteiger partial charge in [-0.3, -0.25) is 14.7 Å². The van der Waals surface area contributed by atoms with Crippen molar-refractivity contribution in [2.45, 2.75) is 57.1 Å². The van der Waals surface area contributed by atoms with Crippen molar-refractivity contribution >= 4 is 11.7 Å². The predicted molar refractivity (Wildman–Crippen MR) is 90.3 cm³/mol. The first-order chi connectivity index (χ1) is 11.3. The van der Waals surface area contributed by atoms with E-state index in [1.165, 1.54) is 19.3 Å². The van der Waals surface area contributed by atoms with Gasteiger partial charge in [-0.15, -0.1) is 0 Å². The molecule has 0 unspecified atom stereocenters. The summed E-state index contributed by atoms with van der Waals surface area (Å²) in [5.41, 5.74) is 1.12. The molecule has 0 bridgehead atoms. The molecule has 1 aromatic heterocycles. The van der Waals surface area contributed by atoms with Crippen LogP contribution < -0.4 is 5.32 Å². The van der Waals surface area contributed by atoms with Gasteiger partial charge in [-0.2, -0.15) is 0 Å². The number of likely N-dealkylation sites (tertiary alicyclic amines) is 1. The van der Waals surface area contributed by atoms with Gasteiger partial charge in [0.2, 0.25) is 0 Å². The molecule has 1 aliphatic heterocycles. The molecule has 5 heteroatoms. The number of anilines is 1. The highest BCUT2D eigenvalue weighted by Crippen LogP contribution is 2.21. The minimum Gasteiger partial charge on any atom is -0.461 e. The fourth-order valence-corrected chi connectivity index (χ4v) is 3.51. The second kappa shape index (κ2) is 8.29. The number of piperidine rings is 1. The highest BCUT2D eigenvalue weighted by molar-refractivity contribution is 5.71. The number of esters is 1. The largest absolute Gasteiger partial charge is 0.461 e. The SMILES string of the molecule is O=C(CN1CCC(Nc2ccncc2)CC1)OC1CCCCC1. The monoisotopic (exact) mass is 317 g/mol. The zero-order valence-electron chi connectivity index (χ0n) is 13.7. The average molecular weight is 317 g/mol. The number of hydrogen-bond acceptors (Lipinski definition) is 5. The van der Waals surface area contributed by atoms with Gasteiger partial charge in [0.1, 0.15) is 6.10 Å². The lowest BCUT2D eigenvalue weighted by Crippen LogP contribution is -2.42. The molecule has 0 spiro atoms. The molecule has 2 heterocycles. The third-order valence-corrected chi connectivity index (χ3v) is 4.84. The maximum Gasteiger partial charge on any atom is 0.320 e. The Hall–Kier alpha value is -1.62. The third-order valence-electron chi connectivity index (χ3n) is 4.84. The molecule has 5 nitrogen and oxygen atoms in total. The summed E-state index contributed by atoms with van der Waals surface area (Å²) in [6, 6.07) is 4.46. The maximum absolute atomic E-state index is 12.1. The van der Waals surface area contributed by atoms with E-state index in [4.69, 9.17) is 4.74 Å². The number of rotatable bonds is 5. The summed E-state index contributed by atoms with van der Waals surface area (Å²) in [6.07, 6.45) is 11.7. The van der Waals surface area contributed by atoms with Gasteiger partial charge in [0.25, 0.3) is 0 Å². The highest BCUT2D eigenvalue weighted by Gasteiger charge is 2.23. The lowest BCUT2D eigenvalue weighted by molar-refractivity contribution is -0.152. The Bertz CT molecular complexity index is 480. The van der Waals surface area contributed by atoms with Gasteiger partial charge >= 0.3 is 5.97 Å². The Morgan fingerprint density at radius 2 is 1.83 bits per heavy atom. The van der Waals surface area contributed by atoms with Crippen LogP contribution in [-0.2, 0) is 9.53 Å². The van der Waals surface area contributed by atoms with Crippen molar-refractivity contribution in [3.63, 3.8) is 0 Å². The first-order valence-corrected chi connectivity index (χ1v) is 8.88. The van der Waals surface area contributed by atoms with Crippen LogP contribution in [0.15, 0.2) is 24.5 Å². The van der Waals surface area contributed by atoms with Crippen LogP contribution >= 0.6 is 0 Å². The van der Waals surface area contributed by atoms with Crippen LogP contribution in [0.2, 0.25) is 0 Å². The number of carbonyl (C=O) groups is 1. The van der Waals surface area contributed by atoms with Gasteiger partial charge in [0.05, 0.1) is 6.54 Å². The number of pyridine rings is 1. The van der Waals surface area contributed by atoms with Crippen LogP contribution in [0, 0.1) is 0 Å². The second-order valence-corrected chi connectivity index (χ2v) is 6.68. The zero-order chi connectivity index (χ0) is 15.9. The molecular weight excluding hydrogens is 290 g/mol. The number of ether oxygens (including phenoxy) is 1. The Morgan fingerprint density at radius 3 is 2.52 bits per heavy atom. The first kappa shape index (κ1) is 16.2. The smallest absolute Gasteiger partial charge is 0.320 e. The number of nitrogens with one attached hydrogen (secondary N) is 1. The van der Waals surface area contributed by atoms with Gasteiger partial charge in [-0.25, -0.2) is 0 Å². The Balaban J connectivity index is 1.36. The lowest BCUT2D eigenvalue weighted by atomic mass is 9.98. The van der Waals surface area contributed by atoms with Gasteiger partial charge in [-0.05, 0) is 50.7 Å². The fraction of sp³-hybridized carbons (Fsp3) is 0.667. The Kier molecular flexibility index (Phi) is 5.86. The molecule has 2 aliphatic rings. The van der Waals surface area contributed by atoms with E-state index in [0.717, 1.165) is 44.5 Å². The Morgan fingerprint density at radius 1 is 1.13 bits per heavy atom. The topological polar surface area (TPSA) is 54.5 Å². The van der Waals surface area contributed by atoms with Crippen molar-refractivity contribution in [3.8, 4) is 0 Å². The zero-order valence-corrected chi connectivity index (χ0v) is 13.7. The highest BCUT2D eigenvalue weighted by atomic mass is 16.5. The number of hydrogen-bond donors (Lipinski definition) is 1. The minimum atomic E-state index is -0.0440. The van der Waals surface area contributed by atoms with Gasteiger partial charge in [0, 0.05) is 37.2 Å². The molecule has 0 amide bonds. The van der Waals surface area contributed by atoms with E-state index >= 15 is 0 Å². The van der Waals surface area contributed by atoms with Crippen molar-refractivity contribution < 1.29 is 9.53 Å². The molecule has 126 valence electrons. The van der Waals surface area contributed by atoms with E-state index in [9.17, 15) is 4.79 Å².